The van der Waals surface area contributed by atoms with Crippen molar-refractivity contribution < 1.29 is 14.1 Å². The van der Waals surface area contributed by atoms with Crippen LogP contribution in [-0.2, 0) is 7.05 Å². The van der Waals surface area contributed by atoms with Crippen molar-refractivity contribution in [1.82, 2.24) is 10.4 Å². The molecule has 146 valence electrons. The Bertz CT molecular complexity index is 905. The minimum atomic E-state index is -0.119. The number of ether oxygens (including phenoxy) is 1. The van der Waals surface area contributed by atoms with Gasteiger partial charge in [0.05, 0.1) is 17.9 Å². The van der Waals surface area contributed by atoms with Gasteiger partial charge >= 0.3 is 0 Å². The highest BCUT2D eigenvalue weighted by molar-refractivity contribution is 6.06. The lowest BCUT2D eigenvalue weighted by molar-refractivity contribution is -0.643. The van der Waals surface area contributed by atoms with E-state index in [1.165, 1.54) is 0 Å². The molecular formula is C22H32N3O2+. The highest BCUT2D eigenvalue weighted by atomic mass is 16.5. The number of hydrogen-bond donors (Lipinski definition) is 1. The van der Waals surface area contributed by atoms with Crippen LogP contribution in [0.5, 0.6) is 5.75 Å². The average Bonchev–Trinajstić information content (AvgIpc) is 2.70. The average molecular weight is 371 g/mol. The number of nitrogens with one attached hydrogen (secondary N) is 1. The fourth-order valence-electron chi connectivity index (χ4n) is 2.76. The molecule has 0 unspecified atom stereocenters. The predicted molar refractivity (Wildman–Crippen MR) is 113 cm³/mol. The van der Waals surface area contributed by atoms with Gasteiger partial charge in [0.15, 0.2) is 6.20 Å². The van der Waals surface area contributed by atoms with Crippen LogP contribution in [0.15, 0.2) is 42.6 Å². The first kappa shape index (κ1) is 22.4. The van der Waals surface area contributed by atoms with Gasteiger partial charge in [0.2, 0.25) is 5.52 Å². The first-order chi connectivity index (χ1) is 13.0. The first-order valence-corrected chi connectivity index (χ1v) is 9.38. The fourth-order valence-corrected chi connectivity index (χ4v) is 2.76. The van der Waals surface area contributed by atoms with E-state index >= 15 is 0 Å². The molecule has 1 N–H and O–H groups in total. The number of carbonyl (C=O) groups is 1. The maximum Gasteiger partial charge on any atom is 0.265 e. The molecule has 0 radical (unpaired) electrons. The van der Waals surface area contributed by atoms with Gasteiger partial charge in [-0.3, -0.25) is 10.2 Å². The number of hydrogen-bond acceptors (Lipinski definition) is 3. The van der Waals surface area contributed by atoms with Crippen LogP contribution in [-0.4, -0.2) is 32.1 Å². The Morgan fingerprint density at radius 1 is 1.00 bits per heavy atom. The number of amides is 1. The topological polar surface area (TPSA) is 45.5 Å². The van der Waals surface area contributed by atoms with Crippen molar-refractivity contribution in [2.75, 3.05) is 21.2 Å². The molecule has 5 nitrogen and oxygen atoms in total. The van der Waals surface area contributed by atoms with Gasteiger partial charge in [-0.2, -0.15) is 0 Å². The van der Waals surface area contributed by atoms with Crippen LogP contribution in [0.25, 0.3) is 21.7 Å². The van der Waals surface area contributed by atoms with Crippen LogP contribution >= 0.6 is 0 Å². The SMILES string of the molecule is CC.CC.COc1ccc2c(c1)c[n+](C)c1cc(C(=O)NN(C)C)ccc21. The van der Waals surface area contributed by atoms with E-state index in [2.05, 4.69) is 11.5 Å². The summed E-state index contributed by atoms with van der Waals surface area (Å²) in [5.74, 6) is 0.713. The molecule has 3 aromatic rings. The van der Waals surface area contributed by atoms with Gasteiger partial charge in [-0.1, -0.05) is 27.7 Å². The molecule has 0 fully saturated rings. The summed E-state index contributed by atoms with van der Waals surface area (Å²) in [6.45, 7) is 8.00. The van der Waals surface area contributed by atoms with Crippen molar-refractivity contribution in [3.05, 3.63) is 48.2 Å². The summed E-state index contributed by atoms with van der Waals surface area (Å²) in [5, 5.41) is 4.98. The molecule has 1 heterocycles. The second-order valence-corrected chi connectivity index (χ2v) is 5.76. The minimum Gasteiger partial charge on any atom is -0.497 e. The van der Waals surface area contributed by atoms with Crippen LogP contribution in [0.3, 0.4) is 0 Å². The molecule has 27 heavy (non-hydrogen) atoms. The Balaban J connectivity index is 0.000000855. The Labute approximate surface area is 162 Å². The molecule has 0 atom stereocenters. The molecule has 0 aliphatic carbocycles. The van der Waals surface area contributed by atoms with Crippen molar-refractivity contribution >= 4 is 27.6 Å². The van der Waals surface area contributed by atoms with E-state index in [0.717, 1.165) is 27.4 Å². The standard InChI is InChI=1S/C18H19N3O2.2C2H6/c1-20(2)19-18(22)12-5-7-16-15-8-6-14(23-4)9-13(15)11-21(3)17(16)10-12;2*1-2/h5-11H,1-4H3;2*1-2H3/p+1. The van der Waals surface area contributed by atoms with Gasteiger partial charge in [0, 0.05) is 31.1 Å². The van der Waals surface area contributed by atoms with Gasteiger partial charge in [-0.15, -0.1) is 0 Å². The summed E-state index contributed by atoms with van der Waals surface area (Å²) in [5.41, 5.74) is 4.41. The summed E-state index contributed by atoms with van der Waals surface area (Å²) in [6, 6.07) is 11.8. The number of fused-ring (bicyclic) bond motifs is 3. The summed E-state index contributed by atoms with van der Waals surface area (Å²) in [6.07, 6.45) is 2.05. The normalized spacial score (nSPS) is 9.96. The molecule has 3 rings (SSSR count). The molecule has 0 aliphatic heterocycles. The number of aromatic nitrogens is 1. The van der Waals surface area contributed by atoms with Crippen molar-refractivity contribution in [2.45, 2.75) is 27.7 Å². The van der Waals surface area contributed by atoms with E-state index in [1.807, 2.05) is 75.8 Å². The van der Waals surface area contributed by atoms with Gasteiger partial charge in [0.25, 0.3) is 5.91 Å². The number of hydrazine groups is 1. The zero-order valence-corrected chi connectivity index (χ0v) is 17.8. The summed E-state index contributed by atoms with van der Waals surface area (Å²) >= 11 is 0. The van der Waals surface area contributed by atoms with E-state index in [0.29, 0.717) is 5.56 Å². The zero-order chi connectivity index (χ0) is 20.6. The summed E-state index contributed by atoms with van der Waals surface area (Å²) in [7, 11) is 7.23. The van der Waals surface area contributed by atoms with E-state index in [1.54, 1.807) is 26.2 Å². The summed E-state index contributed by atoms with van der Waals surface area (Å²) < 4.78 is 7.33. The largest absolute Gasteiger partial charge is 0.497 e. The van der Waals surface area contributed by atoms with E-state index < -0.39 is 0 Å². The molecule has 5 heteroatoms. The maximum atomic E-state index is 12.2. The van der Waals surface area contributed by atoms with Gasteiger partial charge < -0.3 is 4.74 Å². The molecule has 1 amide bonds. The molecule has 0 saturated carbocycles. The summed E-state index contributed by atoms with van der Waals surface area (Å²) in [4.78, 5) is 12.2. The van der Waals surface area contributed by atoms with Crippen LogP contribution < -0.4 is 14.7 Å². The van der Waals surface area contributed by atoms with Crippen molar-refractivity contribution in [3.63, 3.8) is 0 Å². The third-order valence-corrected chi connectivity index (χ3v) is 3.85. The highest BCUT2D eigenvalue weighted by Crippen LogP contribution is 2.26. The van der Waals surface area contributed by atoms with E-state index in [9.17, 15) is 4.79 Å². The van der Waals surface area contributed by atoms with Crippen molar-refractivity contribution in [3.8, 4) is 5.75 Å². The number of carbonyl (C=O) groups excluding carboxylic acids is 1. The fraction of sp³-hybridized carbons (Fsp3) is 0.364. The Morgan fingerprint density at radius 2 is 1.63 bits per heavy atom. The van der Waals surface area contributed by atoms with Crippen LogP contribution in [0.4, 0.5) is 0 Å². The number of rotatable bonds is 3. The third kappa shape index (κ3) is 5.17. The lowest BCUT2D eigenvalue weighted by atomic mass is 10.0. The van der Waals surface area contributed by atoms with E-state index in [4.69, 9.17) is 4.74 Å². The highest BCUT2D eigenvalue weighted by Gasteiger charge is 2.15. The van der Waals surface area contributed by atoms with Crippen molar-refractivity contribution in [2.24, 2.45) is 7.05 Å². The maximum absolute atomic E-state index is 12.2. The lowest BCUT2D eigenvalue weighted by Gasteiger charge is -2.12. The Hall–Kier alpha value is -2.66. The van der Waals surface area contributed by atoms with Crippen LogP contribution in [0, 0.1) is 0 Å². The molecule has 0 spiro atoms. The van der Waals surface area contributed by atoms with Gasteiger partial charge in [-0.25, -0.2) is 9.58 Å². The quantitative estimate of drug-likeness (QED) is 0.429. The second-order valence-electron chi connectivity index (χ2n) is 5.76. The predicted octanol–water partition coefficient (Wildman–Crippen LogP) is 4.08. The van der Waals surface area contributed by atoms with Crippen LogP contribution in [0.1, 0.15) is 38.1 Å². The van der Waals surface area contributed by atoms with Crippen molar-refractivity contribution in [1.29, 1.82) is 0 Å². The first-order valence-electron chi connectivity index (χ1n) is 9.38. The number of aryl methyl sites for hydroxylation is 1. The number of nitrogens with zero attached hydrogens (tertiary/aromatic N) is 2. The molecule has 2 aromatic carbocycles. The minimum absolute atomic E-state index is 0.119. The number of benzene rings is 2. The van der Waals surface area contributed by atoms with Crippen LogP contribution in [0.2, 0.25) is 0 Å². The van der Waals surface area contributed by atoms with Gasteiger partial charge in [0.1, 0.15) is 12.8 Å². The second kappa shape index (κ2) is 10.5. The number of methoxy groups -OCH3 is 1. The molecule has 0 saturated heterocycles. The van der Waals surface area contributed by atoms with Gasteiger partial charge in [-0.05, 0) is 30.3 Å². The molecule has 0 bridgehead atoms. The van der Waals surface area contributed by atoms with E-state index in [-0.39, 0.29) is 5.91 Å². The smallest absolute Gasteiger partial charge is 0.265 e. The Morgan fingerprint density at radius 3 is 2.22 bits per heavy atom. The Kier molecular flexibility index (Phi) is 8.69. The third-order valence-electron chi connectivity index (χ3n) is 3.85. The number of pyridine rings is 1. The molecule has 1 aromatic heterocycles. The molecule has 0 aliphatic rings. The zero-order valence-electron chi connectivity index (χ0n) is 17.8. The monoisotopic (exact) mass is 370 g/mol. The molecular weight excluding hydrogens is 338 g/mol. The lowest BCUT2D eigenvalue weighted by Crippen LogP contribution is -2.36.